The van der Waals surface area contributed by atoms with Crippen molar-refractivity contribution in [2.75, 3.05) is 0 Å². The third-order valence-corrected chi connectivity index (χ3v) is 1.97. The zero-order valence-electron chi connectivity index (χ0n) is 8.12. The maximum atomic E-state index is 5.95. The van der Waals surface area contributed by atoms with Gasteiger partial charge in [0.05, 0.1) is 12.0 Å². The van der Waals surface area contributed by atoms with Crippen molar-refractivity contribution in [3.63, 3.8) is 0 Å². The second-order valence-electron chi connectivity index (χ2n) is 4.04. The smallest absolute Gasteiger partial charge is 0.0923 e. The number of thiol groups is 1. The molecule has 74 valence electrons. The summed E-state index contributed by atoms with van der Waals surface area (Å²) >= 11 is 4.44. The minimum Gasteiger partial charge on any atom is -0.351 e. The summed E-state index contributed by atoms with van der Waals surface area (Å²) in [6.07, 6.45) is 5.26. The number of imidazole rings is 1. The third-order valence-electron chi connectivity index (χ3n) is 1.79. The van der Waals surface area contributed by atoms with E-state index in [4.69, 9.17) is 5.73 Å². The van der Waals surface area contributed by atoms with E-state index in [2.05, 4.69) is 36.4 Å². The largest absolute Gasteiger partial charge is 0.351 e. The predicted octanol–water partition coefficient (Wildman–Crippen LogP) is 1.38. The molecule has 0 radical (unpaired) electrons. The van der Waals surface area contributed by atoms with E-state index in [9.17, 15) is 0 Å². The molecule has 0 fully saturated rings. The Morgan fingerprint density at radius 2 is 2.38 bits per heavy atom. The molecule has 1 heterocycles. The van der Waals surface area contributed by atoms with E-state index in [0.717, 1.165) is 18.5 Å². The van der Waals surface area contributed by atoms with Gasteiger partial charge >= 0.3 is 0 Å². The first-order valence-electron chi connectivity index (χ1n) is 4.43. The van der Waals surface area contributed by atoms with E-state index in [1.807, 2.05) is 6.20 Å². The van der Waals surface area contributed by atoms with E-state index in [1.165, 1.54) is 0 Å². The standard InChI is InChI=1S/C9H17N3S/c1-9(2,13)4-7(10)3-8-5-11-6-12-8/h5-7,13H,3-4,10H2,1-2H3,(H,11,12)/t7-/m1/s1. The second kappa shape index (κ2) is 4.15. The van der Waals surface area contributed by atoms with Crippen LogP contribution < -0.4 is 5.73 Å². The number of rotatable bonds is 4. The van der Waals surface area contributed by atoms with E-state index in [0.29, 0.717) is 0 Å². The number of aromatic amines is 1. The first kappa shape index (κ1) is 10.6. The molecule has 3 N–H and O–H groups in total. The molecule has 0 amide bonds. The number of hydrogen-bond donors (Lipinski definition) is 3. The van der Waals surface area contributed by atoms with E-state index in [-0.39, 0.29) is 10.8 Å². The molecule has 1 rings (SSSR count). The normalized spacial score (nSPS) is 14.5. The summed E-state index contributed by atoms with van der Waals surface area (Å²) in [7, 11) is 0. The van der Waals surface area contributed by atoms with Crippen molar-refractivity contribution in [3.05, 3.63) is 18.2 Å². The Morgan fingerprint density at radius 1 is 1.69 bits per heavy atom. The molecule has 0 aliphatic heterocycles. The fraction of sp³-hybridized carbons (Fsp3) is 0.667. The highest BCUT2D eigenvalue weighted by Gasteiger charge is 2.17. The molecule has 1 aromatic rings. The van der Waals surface area contributed by atoms with E-state index < -0.39 is 0 Å². The second-order valence-corrected chi connectivity index (χ2v) is 5.25. The minimum absolute atomic E-state index is 0.00424. The Balaban J connectivity index is 2.38. The van der Waals surface area contributed by atoms with Crippen LogP contribution in [0.3, 0.4) is 0 Å². The molecule has 0 bridgehead atoms. The van der Waals surface area contributed by atoms with Crippen molar-refractivity contribution in [2.24, 2.45) is 5.73 Å². The maximum absolute atomic E-state index is 5.95. The predicted molar refractivity (Wildman–Crippen MR) is 57.9 cm³/mol. The number of nitrogens with two attached hydrogens (primary N) is 1. The Labute approximate surface area is 84.5 Å². The van der Waals surface area contributed by atoms with E-state index in [1.54, 1.807) is 6.33 Å². The highest BCUT2D eigenvalue weighted by Crippen LogP contribution is 2.19. The first-order chi connectivity index (χ1) is 5.97. The molecule has 0 saturated heterocycles. The van der Waals surface area contributed by atoms with Gasteiger partial charge in [-0.15, -0.1) is 0 Å². The Morgan fingerprint density at radius 3 is 2.85 bits per heavy atom. The van der Waals surface area contributed by atoms with Gasteiger partial charge in [0.1, 0.15) is 0 Å². The average Bonchev–Trinajstić information content (AvgIpc) is 2.34. The number of hydrogen-bond acceptors (Lipinski definition) is 3. The molecule has 0 spiro atoms. The van der Waals surface area contributed by atoms with Gasteiger partial charge in [0.15, 0.2) is 0 Å². The molecular formula is C9H17N3S. The molecule has 3 nitrogen and oxygen atoms in total. The molecule has 1 atom stereocenters. The van der Waals surface area contributed by atoms with Gasteiger partial charge in [0.2, 0.25) is 0 Å². The van der Waals surface area contributed by atoms with Crippen molar-refractivity contribution in [1.29, 1.82) is 0 Å². The van der Waals surface area contributed by atoms with Crippen molar-refractivity contribution in [1.82, 2.24) is 9.97 Å². The maximum Gasteiger partial charge on any atom is 0.0923 e. The summed E-state index contributed by atoms with van der Waals surface area (Å²) in [4.78, 5) is 7.04. The molecule has 0 aliphatic rings. The van der Waals surface area contributed by atoms with Crippen LogP contribution >= 0.6 is 12.6 Å². The monoisotopic (exact) mass is 199 g/mol. The third kappa shape index (κ3) is 4.33. The summed E-state index contributed by atoms with van der Waals surface area (Å²) in [5.41, 5.74) is 6.97. The summed E-state index contributed by atoms with van der Waals surface area (Å²) in [5.74, 6) is 0. The Bertz CT molecular complexity index is 238. The SMILES string of the molecule is CC(C)(S)C[C@H](N)Cc1c[nH]cn1. The summed E-state index contributed by atoms with van der Waals surface area (Å²) < 4.78 is -0.00424. The fourth-order valence-corrected chi connectivity index (χ4v) is 1.62. The Hall–Kier alpha value is -0.480. The van der Waals surface area contributed by atoms with Crippen LogP contribution in [0.15, 0.2) is 12.5 Å². The van der Waals surface area contributed by atoms with Gasteiger partial charge in [-0.05, 0) is 6.42 Å². The molecule has 1 aromatic heterocycles. The van der Waals surface area contributed by atoms with Crippen LogP contribution in [-0.4, -0.2) is 20.8 Å². The molecule has 0 aliphatic carbocycles. The van der Waals surface area contributed by atoms with Gasteiger partial charge in [-0.3, -0.25) is 0 Å². The van der Waals surface area contributed by atoms with Crippen LogP contribution in [0, 0.1) is 0 Å². The van der Waals surface area contributed by atoms with Crippen molar-refractivity contribution < 1.29 is 0 Å². The summed E-state index contributed by atoms with van der Waals surface area (Å²) in [6, 6.07) is 0.135. The topological polar surface area (TPSA) is 54.7 Å². The Kier molecular flexibility index (Phi) is 3.39. The lowest BCUT2D eigenvalue weighted by atomic mass is 10.00. The van der Waals surface area contributed by atoms with Gasteiger partial charge in [-0.2, -0.15) is 12.6 Å². The van der Waals surface area contributed by atoms with Crippen LogP contribution in [0.1, 0.15) is 26.0 Å². The number of aromatic nitrogens is 2. The summed E-state index contributed by atoms with van der Waals surface area (Å²) in [5, 5.41) is 0. The zero-order valence-corrected chi connectivity index (χ0v) is 9.01. The van der Waals surface area contributed by atoms with Crippen LogP contribution in [0.25, 0.3) is 0 Å². The molecule has 4 heteroatoms. The quantitative estimate of drug-likeness (QED) is 0.642. The van der Waals surface area contributed by atoms with Gasteiger partial charge in [-0.25, -0.2) is 4.98 Å². The van der Waals surface area contributed by atoms with Gasteiger partial charge in [0, 0.05) is 23.4 Å². The van der Waals surface area contributed by atoms with Gasteiger partial charge < -0.3 is 10.7 Å². The number of H-pyrrole nitrogens is 1. The highest BCUT2D eigenvalue weighted by molar-refractivity contribution is 7.81. The van der Waals surface area contributed by atoms with Crippen LogP contribution in [-0.2, 0) is 6.42 Å². The lowest BCUT2D eigenvalue weighted by Gasteiger charge is -2.21. The molecule has 0 saturated carbocycles. The molecule has 13 heavy (non-hydrogen) atoms. The van der Waals surface area contributed by atoms with Gasteiger partial charge in [-0.1, -0.05) is 13.8 Å². The van der Waals surface area contributed by atoms with Gasteiger partial charge in [0.25, 0.3) is 0 Å². The molecular weight excluding hydrogens is 182 g/mol. The van der Waals surface area contributed by atoms with Crippen LogP contribution in [0.2, 0.25) is 0 Å². The van der Waals surface area contributed by atoms with Crippen molar-refractivity contribution in [2.45, 2.75) is 37.5 Å². The van der Waals surface area contributed by atoms with Crippen LogP contribution in [0.4, 0.5) is 0 Å². The lowest BCUT2D eigenvalue weighted by Crippen LogP contribution is -2.30. The summed E-state index contributed by atoms with van der Waals surface area (Å²) in [6.45, 7) is 4.14. The number of nitrogens with zero attached hydrogens (tertiary/aromatic N) is 1. The highest BCUT2D eigenvalue weighted by atomic mass is 32.1. The first-order valence-corrected chi connectivity index (χ1v) is 4.88. The van der Waals surface area contributed by atoms with Crippen molar-refractivity contribution >= 4 is 12.6 Å². The fourth-order valence-electron chi connectivity index (χ4n) is 1.38. The van der Waals surface area contributed by atoms with Crippen LogP contribution in [0.5, 0.6) is 0 Å². The number of nitrogens with one attached hydrogen (secondary N) is 1. The minimum atomic E-state index is -0.00424. The molecule has 0 unspecified atom stereocenters. The van der Waals surface area contributed by atoms with Crippen molar-refractivity contribution in [3.8, 4) is 0 Å². The lowest BCUT2D eigenvalue weighted by molar-refractivity contribution is 0.527. The van der Waals surface area contributed by atoms with E-state index >= 15 is 0 Å². The average molecular weight is 199 g/mol. The zero-order chi connectivity index (χ0) is 9.90. The molecule has 0 aromatic carbocycles.